The van der Waals surface area contributed by atoms with Crippen LogP contribution >= 0.6 is 7.82 Å². The van der Waals surface area contributed by atoms with Gasteiger partial charge in [0.15, 0.2) is 6.10 Å². The zero-order valence-electron chi connectivity index (χ0n) is 39.3. The van der Waals surface area contributed by atoms with Gasteiger partial charge in [-0.15, -0.1) is 0 Å². The van der Waals surface area contributed by atoms with Crippen LogP contribution in [0.25, 0.3) is 0 Å². The summed E-state index contributed by atoms with van der Waals surface area (Å²) in [6.45, 7) is 3.78. The molecule has 0 aliphatic rings. The third kappa shape index (κ3) is 42.4. The van der Waals surface area contributed by atoms with Crippen LogP contribution in [0.3, 0.4) is 0 Å². The van der Waals surface area contributed by atoms with Crippen molar-refractivity contribution in [1.82, 2.24) is 0 Å². The molecule has 12 heteroatoms. The molecule has 0 aromatic heterocycles. The third-order valence-corrected chi connectivity index (χ3v) is 10.6. The number of phosphoric ester groups is 1. The predicted molar refractivity (Wildman–Crippen MR) is 252 cm³/mol. The van der Waals surface area contributed by atoms with Gasteiger partial charge in [0.2, 0.25) is 0 Å². The number of nitrogens with zero attached hydrogens (tertiary/aromatic N) is 1. The molecule has 356 valence electrons. The highest BCUT2D eigenvalue weighted by Crippen LogP contribution is 2.38. The number of phosphoric acid groups is 1. The summed E-state index contributed by atoms with van der Waals surface area (Å²) in [4.78, 5) is 37.7. The molecule has 0 aliphatic carbocycles. The Morgan fingerprint density at radius 1 is 0.581 bits per heavy atom. The molecular formula is C50H86NO10P. The lowest BCUT2D eigenvalue weighted by Crippen LogP contribution is -2.37. The molecule has 0 heterocycles. The molecule has 0 fully saturated rings. The number of hydrogen-bond donors (Lipinski definition) is 2. The van der Waals surface area contributed by atoms with E-state index in [1.807, 2.05) is 33.3 Å². The van der Waals surface area contributed by atoms with Crippen molar-refractivity contribution in [3.63, 3.8) is 0 Å². The Morgan fingerprint density at radius 2 is 1.05 bits per heavy atom. The maximum absolute atomic E-state index is 12.7. The molecule has 0 aromatic carbocycles. The minimum Gasteiger partial charge on any atom is -0.756 e. The average Bonchev–Trinajstić information content (AvgIpc) is 3.22. The molecule has 0 spiro atoms. The first kappa shape index (κ1) is 59.1. The standard InChI is InChI=1S/C50H86NO10P/c1-6-8-10-12-14-16-18-20-21-22-23-24-25-26-28-30-32-34-36-40-50(55)61-46(45-60-62(56,57)59-43-42-51(3,4)5)44-58-49(54)41-37-39-48(53)47(52)38-35-33-31-29-27-19-17-15-13-11-9-7-2/h14-17,20-21,23-24,26-29,33,35,46-48,52-53H,6-13,18-19,22,25,30-32,34,36-45H2,1-5H3/b16-14-,17-15-,21-20-,24-23-,28-26-,29-27-,35-33-/t46-,47?,48?/m1/s1. The maximum Gasteiger partial charge on any atom is 0.306 e. The van der Waals surface area contributed by atoms with Crippen molar-refractivity contribution in [2.45, 2.75) is 173 Å². The Kier molecular flexibility index (Phi) is 39.0. The highest BCUT2D eigenvalue weighted by molar-refractivity contribution is 7.45. The normalized spacial score (nSPS) is 15.3. The molecule has 0 aromatic rings. The van der Waals surface area contributed by atoms with E-state index in [-0.39, 0.29) is 38.7 Å². The Hall–Kier alpha value is -2.89. The summed E-state index contributed by atoms with van der Waals surface area (Å²) in [6.07, 6.45) is 45.0. The summed E-state index contributed by atoms with van der Waals surface area (Å²) in [5.74, 6) is -1.16. The van der Waals surface area contributed by atoms with Crippen molar-refractivity contribution in [3.8, 4) is 0 Å². The smallest absolute Gasteiger partial charge is 0.306 e. The van der Waals surface area contributed by atoms with Crippen LogP contribution in [0.4, 0.5) is 0 Å². The number of quaternary nitrogens is 1. The number of aliphatic hydroxyl groups is 2. The van der Waals surface area contributed by atoms with Gasteiger partial charge in [-0.2, -0.15) is 0 Å². The van der Waals surface area contributed by atoms with E-state index in [1.54, 1.807) is 0 Å². The number of carbonyl (C=O) groups excluding carboxylic acids is 2. The SMILES string of the molecule is CCCCC/C=C\C/C=C\C/C=C\C/C=C\CCCCCC(=O)O[C@H](COC(=O)CCCC(O)C(O)C/C=C\C/C=C\C/C=C\CCCCC)COP(=O)([O-])OCC[N+](C)(C)C. The second-order valence-electron chi connectivity index (χ2n) is 16.7. The van der Waals surface area contributed by atoms with Crippen molar-refractivity contribution in [2.75, 3.05) is 47.5 Å². The summed E-state index contributed by atoms with van der Waals surface area (Å²) in [7, 11) is 0.976. The first-order valence-corrected chi connectivity index (χ1v) is 24.9. The van der Waals surface area contributed by atoms with E-state index in [1.165, 1.54) is 44.9 Å². The van der Waals surface area contributed by atoms with Crippen LogP contribution in [0.1, 0.15) is 155 Å². The second kappa shape index (κ2) is 40.9. The van der Waals surface area contributed by atoms with Gasteiger partial charge in [0, 0.05) is 12.8 Å². The molecule has 3 unspecified atom stereocenters. The number of allylic oxidation sites excluding steroid dienone is 13. The largest absolute Gasteiger partial charge is 0.756 e. The number of ether oxygens (including phenoxy) is 2. The van der Waals surface area contributed by atoms with Gasteiger partial charge in [0.25, 0.3) is 7.82 Å². The molecule has 0 saturated carbocycles. The van der Waals surface area contributed by atoms with Crippen LogP contribution in [0.2, 0.25) is 0 Å². The molecular weight excluding hydrogens is 806 g/mol. The van der Waals surface area contributed by atoms with E-state index in [4.69, 9.17) is 18.5 Å². The van der Waals surface area contributed by atoms with E-state index in [9.17, 15) is 29.3 Å². The fourth-order valence-corrected chi connectivity index (χ4v) is 6.47. The van der Waals surface area contributed by atoms with Gasteiger partial charge in [-0.1, -0.05) is 131 Å². The van der Waals surface area contributed by atoms with Crippen LogP contribution in [-0.2, 0) is 32.7 Å². The number of unbranched alkanes of at least 4 members (excludes halogenated alkanes) is 9. The summed E-state index contributed by atoms with van der Waals surface area (Å²) in [6, 6.07) is 0. The van der Waals surface area contributed by atoms with Crippen LogP contribution in [0.15, 0.2) is 85.1 Å². The monoisotopic (exact) mass is 892 g/mol. The Morgan fingerprint density at radius 3 is 1.55 bits per heavy atom. The zero-order chi connectivity index (χ0) is 46.0. The lowest BCUT2D eigenvalue weighted by Gasteiger charge is -2.28. The molecule has 62 heavy (non-hydrogen) atoms. The van der Waals surface area contributed by atoms with E-state index in [0.717, 1.165) is 57.8 Å². The molecule has 2 N–H and O–H groups in total. The fourth-order valence-electron chi connectivity index (χ4n) is 5.74. The van der Waals surface area contributed by atoms with E-state index < -0.39 is 51.3 Å². The predicted octanol–water partition coefficient (Wildman–Crippen LogP) is 10.9. The maximum atomic E-state index is 12.7. The summed E-state index contributed by atoms with van der Waals surface area (Å²) in [5.41, 5.74) is 0. The highest BCUT2D eigenvalue weighted by atomic mass is 31.2. The van der Waals surface area contributed by atoms with Crippen molar-refractivity contribution in [2.24, 2.45) is 0 Å². The first-order valence-electron chi connectivity index (χ1n) is 23.5. The van der Waals surface area contributed by atoms with E-state index in [0.29, 0.717) is 17.4 Å². The van der Waals surface area contributed by atoms with Crippen molar-refractivity contribution >= 4 is 19.8 Å². The van der Waals surface area contributed by atoms with Crippen molar-refractivity contribution in [3.05, 3.63) is 85.1 Å². The number of hydrogen-bond acceptors (Lipinski definition) is 10. The minimum atomic E-state index is -4.71. The quantitative estimate of drug-likeness (QED) is 0.0199. The third-order valence-electron chi connectivity index (χ3n) is 9.59. The molecule has 0 aliphatic heterocycles. The van der Waals surface area contributed by atoms with E-state index >= 15 is 0 Å². The van der Waals surface area contributed by atoms with Crippen molar-refractivity contribution < 1.29 is 52.3 Å². The molecule has 11 nitrogen and oxygen atoms in total. The molecule has 0 radical (unpaired) electrons. The number of rotatable bonds is 41. The van der Waals surface area contributed by atoms with Gasteiger partial charge < -0.3 is 38.1 Å². The van der Waals surface area contributed by atoms with E-state index in [2.05, 4.69) is 86.8 Å². The lowest BCUT2D eigenvalue weighted by atomic mass is 10.0. The number of esters is 2. The van der Waals surface area contributed by atoms with Gasteiger partial charge >= 0.3 is 11.9 Å². The van der Waals surface area contributed by atoms with Crippen LogP contribution in [0.5, 0.6) is 0 Å². The van der Waals surface area contributed by atoms with Crippen LogP contribution < -0.4 is 4.89 Å². The average molecular weight is 892 g/mol. The Bertz CT molecular complexity index is 1360. The fraction of sp³-hybridized carbons (Fsp3) is 0.680. The van der Waals surface area contributed by atoms with Gasteiger partial charge in [-0.05, 0) is 96.3 Å². The van der Waals surface area contributed by atoms with Crippen molar-refractivity contribution in [1.29, 1.82) is 0 Å². The second-order valence-corrected chi connectivity index (χ2v) is 18.1. The van der Waals surface area contributed by atoms with Crippen LogP contribution in [-0.4, -0.2) is 92.5 Å². The summed E-state index contributed by atoms with van der Waals surface area (Å²) < 4.78 is 33.7. The summed E-state index contributed by atoms with van der Waals surface area (Å²) in [5, 5.41) is 20.7. The minimum absolute atomic E-state index is 0.0490. The molecule has 0 rings (SSSR count). The van der Waals surface area contributed by atoms with Crippen LogP contribution in [0, 0.1) is 0 Å². The first-order chi connectivity index (χ1) is 29.8. The zero-order valence-corrected chi connectivity index (χ0v) is 40.1. The topological polar surface area (TPSA) is 152 Å². The molecule has 0 saturated heterocycles. The number of carbonyl (C=O) groups is 2. The Labute approximate surface area is 376 Å². The van der Waals surface area contributed by atoms with Gasteiger partial charge in [0.1, 0.15) is 19.8 Å². The molecule has 0 bridgehead atoms. The lowest BCUT2D eigenvalue weighted by molar-refractivity contribution is -0.870. The molecule has 4 atom stereocenters. The van der Waals surface area contributed by atoms with Gasteiger partial charge in [-0.3, -0.25) is 14.2 Å². The summed E-state index contributed by atoms with van der Waals surface area (Å²) >= 11 is 0. The number of aliphatic hydroxyl groups excluding tert-OH is 2. The Balaban J connectivity index is 4.64. The van der Waals surface area contributed by atoms with Gasteiger partial charge in [-0.25, -0.2) is 0 Å². The van der Waals surface area contributed by atoms with Gasteiger partial charge in [0.05, 0.1) is 40.0 Å². The number of likely N-dealkylation sites (N-methyl/N-ethyl adjacent to an activating group) is 1. The molecule has 0 amide bonds. The highest BCUT2D eigenvalue weighted by Gasteiger charge is 2.22.